The lowest BCUT2D eigenvalue weighted by molar-refractivity contribution is 0.205. The van der Waals surface area contributed by atoms with Gasteiger partial charge < -0.3 is 15.2 Å². The van der Waals surface area contributed by atoms with Gasteiger partial charge >= 0.3 is 6.03 Å². The first kappa shape index (κ1) is 18.0. The number of hydrogen-bond acceptors (Lipinski definition) is 3. The van der Waals surface area contributed by atoms with Crippen molar-refractivity contribution in [1.82, 2.24) is 14.9 Å². The predicted octanol–water partition coefficient (Wildman–Crippen LogP) is 3.59. The summed E-state index contributed by atoms with van der Waals surface area (Å²) in [6.45, 7) is 2.88. The number of H-pyrrole nitrogens is 1. The number of para-hydroxylation sites is 1. The minimum Gasteiger partial charge on any atom is -0.320 e. The number of nitrogens with one attached hydrogen (secondary N) is 2. The molecule has 3 aromatic rings. The molecule has 0 bridgehead atoms. The molecule has 4 rings (SSSR count). The van der Waals surface area contributed by atoms with Crippen LogP contribution in [0.4, 0.5) is 10.5 Å². The Kier molecular flexibility index (Phi) is 4.93. The van der Waals surface area contributed by atoms with Gasteiger partial charge in [-0.15, -0.1) is 0 Å². The van der Waals surface area contributed by atoms with Crippen molar-refractivity contribution in [2.75, 3.05) is 11.9 Å². The number of aromatic amines is 1. The first-order valence-corrected chi connectivity index (χ1v) is 9.46. The van der Waals surface area contributed by atoms with E-state index in [2.05, 4.69) is 22.2 Å². The topological polar surface area (TPSA) is 78.1 Å². The van der Waals surface area contributed by atoms with E-state index in [1.54, 1.807) is 4.90 Å². The van der Waals surface area contributed by atoms with Gasteiger partial charge in [0, 0.05) is 24.2 Å². The molecule has 0 aliphatic carbocycles. The molecule has 142 valence electrons. The van der Waals surface area contributed by atoms with E-state index in [0.717, 1.165) is 23.4 Å². The summed E-state index contributed by atoms with van der Waals surface area (Å²) in [6.07, 6.45) is 1.52. The molecule has 0 radical (unpaired) electrons. The predicted molar refractivity (Wildman–Crippen MR) is 109 cm³/mol. The molecule has 0 unspecified atom stereocenters. The SMILES string of the molecule is CCc1ccc(-c2nc3c(c(=O)[nH]2)CN(C(=O)Nc2ccccc2)CC3)cc1. The number of anilines is 1. The smallest absolute Gasteiger partial charge is 0.320 e. The molecule has 0 fully saturated rings. The highest BCUT2D eigenvalue weighted by Crippen LogP contribution is 2.20. The van der Waals surface area contributed by atoms with Gasteiger partial charge in [0.05, 0.1) is 17.8 Å². The van der Waals surface area contributed by atoms with Crippen LogP contribution < -0.4 is 10.9 Å². The van der Waals surface area contributed by atoms with Crippen LogP contribution in [-0.4, -0.2) is 27.4 Å². The van der Waals surface area contributed by atoms with Gasteiger partial charge in [-0.2, -0.15) is 0 Å². The number of urea groups is 1. The van der Waals surface area contributed by atoms with E-state index in [1.807, 2.05) is 54.6 Å². The molecule has 2 N–H and O–H groups in total. The number of benzene rings is 2. The third-order valence-corrected chi connectivity index (χ3v) is 5.02. The van der Waals surface area contributed by atoms with Crippen LogP contribution in [0.5, 0.6) is 0 Å². The number of aromatic nitrogens is 2. The van der Waals surface area contributed by atoms with Crippen molar-refractivity contribution in [2.45, 2.75) is 26.3 Å². The maximum absolute atomic E-state index is 12.7. The van der Waals surface area contributed by atoms with Gasteiger partial charge in [0.15, 0.2) is 0 Å². The van der Waals surface area contributed by atoms with Crippen LogP contribution in [0.15, 0.2) is 59.4 Å². The molecular weight excluding hydrogens is 352 g/mol. The number of nitrogens with zero attached hydrogens (tertiary/aromatic N) is 2. The van der Waals surface area contributed by atoms with Gasteiger partial charge in [0.25, 0.3) is 5.56 Å². The van der Waals surface area contributed by atoms with Gasteiger partial charge in [-0.25, -0.2) is 9.78 Å². The zero-order valence-electron chi connectivity index (χ0n) is 15.7. The fraction of sp³-hybridized carbons (Fsp3) is 0.227. The van der Waals surface area contributed by atoms with Crippen molar-refractivity contribution >= 4 is 11.7 Å². The van der Waals surface area contributed by atoms with E-state index >= 15 is 0 Å². The zero-order valence-corrected chi connectivity index (χ0v) is 15.7. The molecule has 1 aliphatic heterocycles. The van der Waals surface area contributed by atoms with Crippen LogP contribution in [-0.2, 0) is 19.4 Å². The maximum atomic E-state index is 12.7. The van der Waals surface area contributed by atoms with E-state index in [1.165, 1.54) is 5.56 Å². The minimum atomic E-state index is -0.213. The van der Waals surface area contributed by atoms with Gasteiger partial charge in [0.2, 0.25) is 0 Å². The molecule has 2 aromatic carbocycles. The Hall–Kier alpha value is -3.41. The average molecular weight is 374 g/mol. The monoisotopic (exact) mass is 374 g/mol. The molecule has 2 heterocycles. The normalized spacial score (nSPS) is 13.1. The Balaban J connectivity index is 1.54. The van der Waals surface area contributed by atoms with Crippen LogP contribution in [0, 0.1) is 0 Å². The highest BCUT2D eigenvalue weighted by molar-refractivity contribution is 5.89. The first-order chi connectivity index (χ1) is 13.6. The Morgan fingerprint density at radius 1 is 1.14 bits per heavy atom. The molecule has 28 heavy (non-hydrogen) atoms. The number of carbonyl (C=O) groups is 1. The molecule has 1 aromatic heterocycles. The molecule has 1 aliphatic rings. The highest BCUT2D eigenvalue weighted by atomic mass is 16.2. The third kappa shape index (κ3) is 3.67. The number of aryl methyl sites for hydroxylation is 1. The summed E-state index contributed by atoms with van der Waals surface area (Å²) in [5.74, 6) is 0.577. The zero-order chi connectivity index (χ0) is 19.5. The molecule has 0 saturated heterocycles. The van der Waals surface area contributed by atoms with Crippen LogP contribution in [0.2, 0.25) is 0 Å². The molecule has 2 amide bonds. The average Bonchev–Trinajstić information content (AvgIpc) is 2.74. The molecule has 6 nitrogen and oxygen atoms in total. The largest absolute Gasteiger partial charge is 0.322 e. The van der Waals surface area contributed by atoms with Crippen molar-refractivity contribution in [3.63, 3.8) is 0 Å². The maximum Gasteiger partial charge on any atom is 0.322 e. The Labute approximate surface area is 163 Å². The Bertz CT molecular complexity index is 1040. The molecule has 6 heteroatoms. The lowest BCUT2D eigenvalue weighted by Crippen LogP contribution is -2.41. The van der Waals surface area contributed by atoms with Gasteiger partial charge in [-0.3, -0.25) is 4.79 Å². The van der Waals surface area contributed by atoms with Crippen molar-refractivity contribution in [2.24, 2.45) is 0 Å². The summed E-state index contributed by atoms with van der Waals surface area (Å²) in [7, 11) is 0. The van der Waals surface area contributed by atoms with Gasteiger partial charge in [-0.05, 0) is 24.1 Å². The number of amides is 2. The highest BCUT2D eigenvalue weighted by Gasteiger charge is 2.24. The van der Waals surface area contributed by atoms with E-state index in [9.17, 15) is 9.59 Å². The third-order valence-electron chi connectivity index (χ3n) is 5.02. The van der Waals surface area contributed by atoms with Crippen molar-refractivity contribution in [3.8, 4) is 11.4 Å². The fourth-order valence-corrected chi connectivity index (χ4v) is 3.36. The lowest BCUT2D eigenvalue weighted by atomic mass is 10.1. The van der Waals surface area contributed by atoms with Crippen molar-refractivity contribution in [3.05, 3.63) is 81.8 Å². The summed E-state index contributed by atoms with van der Waals surface area (Å²) < 4.78 is 0. The van der Waals surface area contributed by atoms with Gasteiger partial charge in [-0.1, -0.05) is 49.4 Å². The van der Waals surface area contributed by atoms with Crippen molar-refractivity contribution < 1.29 is 4.79 Å². The van der Waals surface area contributed by atoms with E-state index < -0.39 is 0 Å². The summed E-state index contributed by atoms with van der Waals surface area (Å²) in [4.78, 5) is 34.4. The number of rotatable bonds is 3. The van der Waals surface area contributed by atoms with Crippen LogP contribution >= 0.6 is 0 Å². The lowest BCUT2D eigenvalue weighted by Gasteiger charge is -2.28. The first-order valence-electron chi connectivity index (χ1n) is 9.46. The fourth-order valence-electron chi connectivity index (χ4n) is 3.36. The Morgan fingerprint density at radius 2 is 1.89 bits per heavy atom. The van der Waals surface area contributed by atoms with E-state index in [4.69, 9.17) is 0 Å². The number of fused-ring (bicyclic) bond motifs is 1. The number of carbonyl (C=O) groups excluding carboxylic acids is 1. The van der Waals surface area contributed by atoms with Crippen LogP contribution in [0.1, 0.15) is 23.7 Å². The second-order valence-corrected chi connectivity index (χ2v) is 6.86. The quantitative estimate of drug-likeness (QED) is 0.735. The molecule has 0 saturated carbocycles. The van der Waals surface area contributed by atoms with Gasteiger partial charge in [0.1, 0.15) is 5.82 Å². The van der Waals surface area contributed by atoms with Crippen molar-refractivity contribution in [1.29, 1.82) is 0 Å². The number of hydrogen-bond donors (Lipinski definition) is 2. The second-order valence-electron chi connectivity index (χ2n) is 6.86. The summed E-state index contributed by atoms with van der Waals surface area (Å²) in [5.41, 5.74) is 4.00. The molecule has 0 spiro atoms. The summed E-state index contributed by atoms with van der Waals surface area (Å²) in [6, 6.07) is 17.1. The standard InChI is InChI=1S/C22H22N4O2/c1-2-15-8-10-16(11-9-15)20-24-19-12-13-26(14-18(19)21(27)25-20)22(28)23-17-6-4-3-5-7-17/h3-11H,2,12-14H2,1H3,(H,23,28)(H,24,25,27). The Morgan fingerprint density at radius 3 is 2.61 bits per heavy atom. The van der Waals surface area contributed by atoms with E-state index in [0.29, 0.717) is 24.4 Å². The van der Waals surface area contributed by atoms with Crippen LogP contribution in [0.3, 0.4) is 0 Å². The van der Waals surface area contributed by atoms with E-state index in [-0.39, 0.29) is 18.1 Å². The van der Waals surface area contributed by atoms with Crippen LogP contribution in [0.25, 0.3) is 11.4 Å². The molecule has 0 atom stereocenters. The summed E-state index contributed by atoms with van der Waals surface area (Å²) >= 11 is 0. The summed E-state index contributed by atoms with van der Waals surface area (Å²) in [5, 5.41) is 2.86. The minimum absolute atomic E-state index is 0.184. The second kappa shape index (κ2) is 7.68. The molecular formula is C22H22N4O2.